The van der Waals surface area contributed by atoms with Gasteiger partial charge in [-0.3, -0.25) is 0 Å². The van der Waals surface area contributed by atoms with Crippen molar-refractivity contribution in [2.45, 2.75) is 38.4 Å². The summed E-state index contributed by atoms with van der Waals surface area (Å²) in [5, 5.41) is 19.9. The molecule has 0 saturated carbocycles. The molecule has 0 aromatic heterocycles. The summed E-state index contributed by atoms with van der Waals surface area (Å²) in [6.07, 6.45) is -9.73. The lowest BCUT2D eigenvalue weighted by Crippen LogP contribution is -2.15. The van der Waals surface area contributed by atoms with Crippen LogP contribution in [0.5, 0.6) is 0 Å². The molecule has 0 unspecified atom stereocenters. The number of rotatable bonds is 4. The Kier molecular flexibility index (Phi) is 21.2. The molecule has 0 fully saturated rings. The number of anilines is 1. The van der Waals surface area contributed by atoms with E-state index in [4.69, 9.17) is 48.3 Å². The second kappa shape index (κ2) is 21.2. The molecule has 0 heterocycles. The first-order chi connectivity index (χ1) is 18.9. The Morgan fingerprint density at radius 1 is 0.829 bits per heavy atom. The van der Waals surface area contributed by atoms with Gasteiger partial charge in [-0.2, -0.15) is 45.5 Å². The number of aliphatic hydroxyl groups is 2. The molecule has 0 spiro atoms. The predicted molar refractivity (Wildman–Crippen MR) is 126 cm³/mol. The first kappa shape index (κ1) is 40.9. The molecule has 5 N–H and O–H groups in total. The van der Waals surface area contributed by atoms with Crippen molar-refractivity contribution in [3.63, 3.8) is 0 Å². The highest BCUT2D eigenvalue weighted by molar-refractivity contribution is 5.61. The fourth-order valence-corrected chi connectivity index (χ4v) is 2.07. The van der Waals surface area contributed by atoms with Crippen LogP contribution in [0, 0.1) is 19.0 Å². The summed E-state index contributed by atoms with van der Waals surface area (Å²) < 4.78 is 86.5. The van der Waals surface area contributed by atoms with Crippen LogP contribution in [0.1, 0.15) is 25.0 Å². The molecule has 0 radical (unpaired) electrons. The summed E-state index contributed by atoms with van der Waals surface area (Å²) in [4.78, 5) is 38.0. The van der Waals surface area contributed by atoms with Crippen molar-refractivity contribution >= 4 is 29.4 Å². The summed E-state index contributed by atoms with van der Waals surface area (Å²) in [5.74, 6) is -1.00. The number of nitrogens with zero attached hydrogens (tertiary/aromatic N) is 2. The fraction of sp³-hybridized carbons (Fsp3) is 0.333. The maximum absolute atomic E-state index is 12.6. The molecular formula is C24H23F7N4O6. The summed E-state index contributed by atoms with van der Waals surface area (Å²) in [5.41, 5.74) is 1.93. The number of hydrogen-bond acceptors (Lipinski definition) is 8. The van der Waals surface area contributed by atoms with Crippen molar-refractivity contribution in [3.05, 3.63) is 76.2 Å². The molecule has 2 aromatic rings. The standard InChI is InChI=1S/C11H11F3N2O.C8H3F4N.C3H9NO.2CO2/c1-7(17)6-16-8-3-4-10(15-2)9(5-8)11(12,13)14;1-13-7-3-2-5(9)4-6(7)8(10,11)12;1-3(5)2-4;2*2-1-3/h3-5,7,16-17H,6H2,1H3;2-4H;3,5H,2,4H2,1H3;;/t7-;;3-;;/m0.0../s1. The molecule has 10 nitrogen and oxygen atoms in total. The van der Waals surface area contributed by atoms with Crippen LogP contribution in [0.4, 0.5) is 47.8 Å². The van der Waals surface area contributed by atoms with Gasteiger partial charge in [-0.05, 0) is 38.1 Å². The SMILES string of the molecule is C[C@H](O)CN.O=C=O.O=C=O.[C-]#[N+]c1ccc(F)cc1C(F)(F)F.[C-]#[N+]c1ccc(NC[C@H](C)O)cc1C(F)(F)F. The number of nitrogens with one attached hydrogen (secondary N) is 1. The van der Waals surface area contributed by atoms with Crippen molar-refractivity contribution in [3.8, 4) is 0 Å². The van der Waals surface area contributed by atoms with E-state index in [1.165, 1.54) is 13.0 Å². The van der Waals surface area contributed by atoms with Crippen molar-refractivity contribution in [1.29, 1.82) is 0 Å². The molecule has 0 bridgehead atoms. The molecule has 2 rings (SSSR count). The van der Waals surface area contributed by atoms with Crippen LogP contribution in [0.25, 0.3) is 9.69 Å². The number of nitrogens with two attached hydrogens (primary N) is 1. The summed E-state index contributed by atoms with van der Waals surface area (Å²) in [7, 11) is 0. The normalized spacial score (nSPS) is 11.1. The molecule has 0 aliphatic rings. The Morgan fingerprint density at radius 2 is 1.20 bits per heavy atom. The molecule has 0 aliphatic carbocycles. The van der Waals surface area contributed by atoms with Crippen molar-refractivity contribution < 1.29 is 60.1 Å². The fourth-order valence-electron chi connectivity index (χ4n) is 2.07. The van der Waals surface area contributed by atoms with Crippen LogP contribution in [-0.2, 0) is 31.5 Å². The van der Waals surface area contributed by atoms with E-state index in [1.54, 1.807) is 6.92 Å². The number of aliphatic hydroxyl groups excluding tert-OH is 2. The highest BCUT2D eigenvalue weighted by atomic mass is 19.4. The summed E-state index contributed by atoms with van der Waals surface area (Å²) >= 11 is 0. The number of benzene rings is 2. The third-order valence-electron chi connectivity index (χ3n) is 3.75. The predicted octanol–water partition coefficient (Wildman–Crippen LogP) is 4.60. The highest BCUT2D eigenvalue weighted by Gasteiger charge is 2.34. The highest BCUT2D eigenvalue weighted by Crippen LogP contribution is 2.38. The second-order valence-corrected chi connectivity index (χ2v) is 7.09. The van der Waals surface area contributed by atoms with Crippen LogP contribution >= 0.6 is 0 Å². The lowest BCUT2D eigenvalue weighted by molar-refractivity contribution is -0.193. The van der Waals surface area contributed by atoms with Crippen LogP contribution in [0.2, 0.25) is 0 Å². The zero-order valence-electron chi connectivity index (χ0n) is 21.2. The van der Waals surface area contributed by atoms with Gasteiger partial charge in [-0.15, -0.1) is 0 Å². The maximum atomic E-state index is 12.6. The van der Waals surface area contributed by atoms with E-state index in [0.29, 0.717) is 12.6 Å². The number of carbonyl (C=O) groups excluding carboxylic acids is 4. The Balaban J connectivity index is -0.000000528. The van der Waals surface area contributed by atoms with Gasteiger partial charge in [0, 0.05) is 18.8 Å². The van der Waals surface area contributed by atoms with Gasteiger partial charge in [-0.25, -0.2) is 14.1 Å². The molecule has 41 heavy (non-hydrogen) atoms. The summed E-state index contributed by atoms with van der Waals surface area (Å²) in [6.45, 7) is 16.8. The monoisotopic (exact) mass is 596 g/mol. The number of halogens is 7. The van der Waals surface area contributed by atoms with E-state index < -0.39 is 46.8 Å². The van der Waals surface area contributed by atoms with E-state index in [2.05, 4.69) is 15.0 Å². The van der Waals surface area contributed by atoms with Crippen molar-refractivity contribution in [2.75, 3.05) is 18.4 Å². The lowest BCUT2D eigenvalue weighted by atomic mass is 10.1. The van der Waals surface area contributed by atoms with E-state index >= 15 is 0 Å². The Morgan fingerprint density at radius 3 is 1.51 bits per heavy atom. The van der Waals surface area contributed by atoms with Crippen LogP contribution in [0.3, 0.4) is 0 Å². The lowest BCUT2D eigenvalue weighted by Gasteiger charge is -2.13. The van der Waals surface area contributed by atoms with E-state index in [9.17, 15) is 30.7 Å². The first-order valence-corrected chi connectivity index (χ1v) is 10.5. The molecule has 0 saturated heterocycles. The Labute approximate surface area is 228 Å². The van der Waals surface area contributed by atoms with Gasteiger partial charge < -0.3 is 21.3 Å². The second-order valence-electron chi connectivity index (χ2n) is 7.09. The van der Waals surface area contributed by atoms with Gasteiger partial charge in [0.25, 0.3) is 0 Å². The number of alkyl halides is 6. The molecule has 0 aliphatic heterocycles. The molecule has 17 heteroatoms. The molecule has 2 aromatic carbocycles. The molecule has 224 valence electrons. The average molecular weight is 596 g/mol. The van der Waals surface area contributed by atoms with Crippen LogP contribution in [0.15, 0.2) is 36.4 Å². The van der Waals surface area contributed by atoms with Crippen molar-refractivity contribution in [2.24, 2.45) is 5.73 Å². The zero-order valence-corrected chi connectivity index (χ0v) is 21.2. The minimum absolute atomic E-state index is 0.147. The minimum Gasteiger partial charge on any atom is -0.392 e. The minimum atomic E-state index is -4.68. The summed E-state index contributed by atoms with van der Waals surface area (Å²) in [6, 6.07) is 5.31. The van der Waals surface area contributed by atoms with Crippen LogP contribution < -0.4 is 11.1 Å². The number of hydrogen-bond donors (Lipinski definition) is 4. The molecular weight excluding hydrogens is 573 g/mol. The largest absolute Gasteiger partial charge is 0.407 e. The van der Waals surface area contributed by atoms with E-state index in [0.717, 1.165) is 24.3 Å². The Bertz CT molecular complexity index is 1200. The van der Waals surface area contributed by atoms with Gasteiger partial charge in [0.1, 0.15) is 5.82 Å². The van der Waals surface area contributed by atoms with Gasteiger partial charge in [0.15, 0.2) is 11.4 Å². The first-order valence-electron chi connectivity index (χ1n) is 10.5. The molecule has 2 atom stereocenters. The Hall–Kier alpha value is -4.63. The van der Waals surface area contributed by atoms with E-state index in [1.807, 2.05) is 0 Å². The quantitative estimate of drug-likeness (QED) is 0.295. The topological polar surface area (TPSA) is 156 Å². The third kappa shape index (κ3) is 20.0. The smallest absolute Gasteiger partial charge is 0.392 e. The van der Waals surface area contributed by atoms with Gasteiger partial charge in [-0.1, -0.05) is 12.1 Å². The maximum Gasteiger partial charge on any atom is 0.407 e. The van der Waals surface area contributed by atoms with E-state index in [-0.39, 0.29) is 30.6 Å². The van der Waals surface area contributed by atoms with Gasteiger partial charge >= 0.3 is 24.7 Å². The molecule has 0 amide bonds. The van der Waals surface area contributed by atoms with Crippen molar-refractivity contribution in [1.82, 2.24) is 0 Å². The van der Waals surface area contributed by atoms with Gasteiger partial charge in [0.05, 0.1) is 36.5 Å². The third-order valence-corrected chi connectivity index (χ3v) is 3.75. The zero-order chi connectivity index (χ0) is 32.8. The van der Waals surface area contributed by atoms with Crippen LogP contribution in [-0.4, -0.2) is 47.8 Å². The average Bonchev–Trinajstić information content (AvgIpc) is 2.88. The van der Waals surface area contributed by atoms with Gasteiger partial charge in [0.2, 0.25) is 0 Å².